The molecule has 1 aromatic carbocycles. The Balaban J connectivity index is 2.10. The maximum Gasteiger partial charge on any atom is 0.0839 e. The van der Waals surface area contributed by atoms with Gasteiger partial charge in [0.1, 0.15) is 0 Å². The predicted octanol–water partition coefficient (Wildman–Crippen LogP) is 2.94. The van der Waals surface area contributed by atoms with Crippen LogP contribution in [0.4, 0.5) is 0 Å². The van der Waals surface area contributed by atoms with E-state index in [0.717, 1.165) is 17.0 Å². The average molecular weight is 208 g/mol. The van der Waals surface area contributed by atoms with Crippen molar-refractivity contribution in [3.8, 4) is 6.07 Å². The second-order valence-corrected chi connectivity index (χ2v) is 3.87. The maximum atomic E-state index is 8.72. The van der Waals surface area contributed by atoms with Crippen molar-refractivity contribution in [1.29, 1.82) is 5.26 Å². The Morgan fingerprint density at radius 2 is 2.07 bits per heavy atom. The second kappa shape index (κ2) is 4.00. The van der Waals surface area contributed by atoms with E-state index in [1.165, 1.54) is 0 Å². The number of rotatable bonds is 1. The van der Waals surface area contributed by atoms with Crippen LogP contribution in [0.2, 0.25) is 5.02 Å². The van der Waals surface area contributed by atoms with Crippen LogP contribution < -0.4 is 0 Å². The molecule has 1 heterocycles. The summed E-state index contributed by atoms with van der Waals surface area (Å²) in [6, 6.07) is 9.82. The first-order valence-electron chi connectivity index (χ1n) is 4.56. The largest absolute Gasteiger partial charge is 0.372 e. The molecule has 14 heavy (non-hydrogen) atoms. The van der Waals surface area contributed by atoms with Gasteiger partial charge in [-0.2, -0.15) is 5.26 Å². The van der Waals surface area contributed by atoms with Crippen LogP contribution >= 0.6 is 11.6 Å². The zero-order chi connectivity index (χ0) is 9.97. The van der Waals surface area contributed by atoms with Gasteiger partial charge in [0.15, 0.2) is 0 Å². The van der Waals surface area contributed by atoms with Gasteiger partial charge in [0.2, 0.25) is 0 Å². The molecular formula is C11H10ClNO. The van der Waals surface area contributed by atoms with Crippen LogP contribution in [0.1, 0.15) is 18.1 Å². The van der Waals surface area contributed by atoms with Gasteiger partial charge in [0.05, 0.1) is 24.7 Å². The molecule has 1 saturated heterocycles. The quantitative estimate of drug-likeness (QED) is 0.710. The highest BCUT2D eigenvalue weighted by Gasteiger charge is 2.26. The molecule has 0 aromatic heterocycles. The van der Waals surface area contributed by atoms with Gasteiger partial charge >= 0.3 is 0 Å². The SMILES string of the molecule is N#C[C@@H]1CO[C@H](c2ccc(Cl)cc2)C1. The van der Waals surface area contributed by atoms with Gasteiger partial charge in [0, 0.05) is 5.02 Å². The van der Waals surface area contributed by atoms with Crippen LogP contribution in [-0.4, -0.2) is 6.61 Å². The lowest BCUT2D eigenvalue weighted by Gasteiger charge is -2.08. The fourth-order valence-electron chi connectivity index (χ4n) is 1.63. The third-order valence-corrected chi connectivity index (χ3v) is 2.67. The first-order chi connectivity index (χ1) is 6.79. The normalized spacial score (nSPS) is 26.0. The molecule has 0 radical (unpaired) electrons. The highest BCUT2D eigenvalue weighted by Crippen LogP contribution is 2.32. The molecular weight excluding hydrogens is 198 g/mol. The topological polar surface area (TPSA) is 33.0 Å². The van der Waals surface area contributed by atoms with Crippen molar-refractivity contribution in [3.05, 3.63) is 34.9 Å². The zero-order valence-electron chi connectivity index (χ0n) is 7.61. The van der Waals surface area contributed by atoms with E-state index in [1.54, 1.807) is 0 Å². The minimum atomic E-state index is 0.0377. The highest BCUT2D eigenvalue weighted by atomic mass is 35.5. The molecule has 0 spiro atoms. The summed E-state index contributed by atoms with van der Waals surface area (Å²) in [6.07, 6.45) is 0.856. The third-order valence-electron chi connectivity index (χ3n) is 2.42. The van der Waals surface area contributed by atoms with Crippen molar-refractivity contribution in [2.75, 3.05) is 6.61 Å². The zero-order valence-corrected chi connectivity index (χ0v) is 8.37. The van der Waals surface area contributed by atoms with Crippen molar-refractivity contribution >= 4 is 11.6 Å². The first kappa shape index (κ1) is 9.51. The number of halogens is 1. The van der Waals surface area contributed by atoms with E-state index < -0.39 is 0 Å². The van der Waals surface area contributed by atoms with Gasteiger partial charge in [-0.15, -0.1) is 0 Å². The molecule has 1 fully saturated rings. The summed E-state index contributed by atoms with van der Waals surface area (Å²) in [5.41, 5.74) is 1.10. The molecule has 0 bridgehead atoms. The standard InChI is InChI=1S/C11H10ClNO/c12-10-3-1-9(2-4-10)11-5-8(6-13)7-14-11/h1-4,8,11H,5,7H2/t8-,11+/m1/s1. The molecule has 0 amide bonds. The summed E-state index contributed by atoms with van der Waals surface area (Å²) in [5, 5.41) is 9.45. The molecule has 0 saturated carbocycles. The number of benzene rings is 1. The number of nitriles is 1. The maximum absolute atomic E-state index is 8.72. The minimum absolute atomic E-state index is 0.0377. The Morgan fingerprint density at radius 3 is 2.64 bits per heavy atom. The van der Waals surface area contributed by atoms with Crippen LogP contribution in [-0.2, 0) is 4.74 Å². The molecule has 72 valence electrons. The number of ether oxygens (including phenoxy) is 1. The fourth-order valence-corrected chi connectivity index (χ4v) is 1.75. The molecule has 3 heteroatoms. The van der Waals surface area contributed by atoms with Crippen LogP contribution in [0.5, 0.6) is 0 Å². The Morgan fingerprint density at radius 1 is 1.36 bits per heavy atom. The molecule has 0 unspecified atom stereocenters. The van der Waals surface area contributed by atoms with Crippen LogP contribution in [0.15, 0.2) is 24.3 Å². The molecule has 0 N–H and O–H groups in total. The van der Waals surface area contributed by atoms with Gasteiger partial charge in [-0.3, -0.25) is 0 Å². The van der Waals surface area contributed by atoms with Crippen LogP contribution in [0.3, 0.4) is 0 Å². The van der Waals surface area contributed by atoms with E-state index in [9.17, 15) is 0 Å². The van der Waals surface area contributed by atoms with Gasteiger partial charge < -0.3 is 4.74 Å². The molecule has 2 nitrogen and oxygen atoms in total. The molecule has 1 aliphatic heterocycles. The number of hydrogen-bond donors (Lipinski definition) is 0. The average Bonchev–Trinajstić information content (AvgIpc) is 2.67. The van der Waals surface area contributed by atoms with Crippen molar-refractivity contribution in [1.82, 2.24) is 0 Å². The smallest absolute Gasteiger partial charge is 0.0839 e. The number of nitrogens with zero attached hydrogens (tertiary/aromatic N) is 1. The van der Waals surface area contributed by atoms with E-state index in [1.807, 2.05) is 24.3 Å². The Bertz CT molecular complexity index is 355. The van der Waals surface area contributed by atoms with E-state index in [2.05, 4.69) is 6.07 Å². The Labute approximate surface area is 88.1 Å². The first-order valence-corrected chi connectivity index (χ1v) is 4.94. The monoisotopic (exact) mass is 207 g/mol. The number of hydrogen-bond acceptors (Lipinski definition) is 2. The Kier molecular flexibility index (Phi) is 2.72. The molecule has 0 aliphatic carbocycles. The van der Waals surface area contributed by atoms with Crippen LogP contribution in [0, 0.1) is 17.2 Å². The lowest BCUT2D eigenvalue weighted by molar-refractivity contribution is 0.109. The van der Waals surface area contributed by atoms with Gasteiger partial charge in [-0.25, -0.2) is 0 Å². The summed E-state index contributed by atoms with van der Waals surface area (Å²) in [5.74, 6) is 0.0377. The van der Waals surface area contributed by atoms with Gasteiger partial charge in [-0.05, 0) is 24.1 Å². The van der Waals surface area contributed by atoms with Crippen molar-refractivity contribution in [2.45, 2.75) is 12.5 Å². The summed E-state index contributed by atoms with van der Waals surface area (Å²) in [6.45, 7) is 0.545. The fraction of sp³-hybridized carbons (Fsp3) is 0.364. The van der Waals surface area contributed by atoms with E-state index in [0.29, 0.717) is 6.61 Å². The summed E-state index contributed by atoms with van der Waals surface area (Å²) < 4.78 is 5.52. The summed E-state index contributed by atoms with van der Waals surface area (Å²) >= 11 is 5.78. The van der Waals surface area contributed by atoms with Crippen LogP contribution in [0.25, 0.3) is 0 Å². The van der Waals surface area contributed by atoms with Crippen molar-refractivity contribution < 1.29 is 4.74 Å². The van der Waals surface area contributed by atoms with E-state index >= 15 is 0 Å². The van der Waals surface area contributed by atoms with Gasteiger partial charge in [-0.1, -0.05) is 23.7 Å². The molecule has 1 aliphatic rings. The highest BCUT2D eigenvalue weighted by molar-refractivity contribution is 6.30. The van der Waals surface area contributed by atoms with E-state index in [4.69, 9.17) is 21.6 Å². The minimum Gasteiger partial charge on any atom is -0.372 e. The molecule has 1 aromatic rings. The van der Waals surface area contributed by atoms with E-state index in [-0.39, 0.29) is 12.0 Å². The third kappa shape index (κ3) is 1.89. The lowest BCUT2D eigenvalue weighted by Crippen LogP contribution is -1.94. The summed E-state index contributed by atoms with van der Waals surface area (Å²) in [4.78, 5) is 0. The predicted molar refractivity (Wildman–Crippen MR) is 53.9 cm³/mol. The van der Waals surface area contributed by atoms with Crippen molar-refractivity contribution in [3.63, 3.8) is 0 Å². The lowest BCUT2D eigenvalue weighted by atomic mass is 10.0. The molecule has 2 rings (SSSR count). The Hall–Kier alpha value is -1.04. The van der Waals surface area contributed by atoms with Gasteiger partial charge in [0.25, 0.3) is 0 Å². The second-order valence-electron chi connectivity index (χ2n) is 3.44. The summed E-state index contributed by atoms with van der Waals surface area (Å²) in [7, 11) is 0. The molecule has 2 atom stereocenters. The van der Waals surface area contributed by atoms with Crippen molar-refractivity contribution in [2.24, 2.45) is 5.92 Å².